The Labute approximate surface area is 93.5 Å². The molecule has 0 saturated heterocycles. The molecular formula is C9H8F2N2O2S. The van der Waals surface area contributed by atoms with E-state index in [1.165, 1.54) is 11.3 Å². The van der Waals surface area contributed by atoms with Crippen LogP contribution in [0.4, 0.5) is 8.78 Å². The number of aliphatic hydroxyl groups excluding tert-OH is 1. The maximum atomic E-state index is 12.1. The van der Waals surface area contributed by atoms with Crippen molar-refractivity contribution in [2.75, 3.05) is 0 Å². The minimum Gasteiger partial charge on any atom is -0.387 e. The largest absolute Gasteiger partial charge is 0.387 e. The normalized spacial score (nSPS) is 13.2. The molecule has 2 rings (SSSR count). The lowest BCUT2D eigenvalue weighted by Gasteiger charge is -2.04. The standard InChI is InChI=1S/C9H8F2N2O2S/c10-8(11)5(14)4-7-12-9(13-15-7)6-2-1-3-16-6/h1-3,5,8,14H,4H2. The summed E-state index contributed by atoms with van der Waals surface area (Å²) in [5.41, 5.74) is 0. The molecule has 2 aromatic rings. The molecule has 0 bridgehead atoms. The monoisotopic (exact) mass is 246 g/mol. The smallest absolute Gasteiger partial charge is 0.264 e. The second kappa shape index (κ2) is 4.67. The molecule has 0 fully saturated rings. The van der Waals surface area contributed by atoms with E-state index in [0.29, 0.717) is 5.82 Å². The molecule has 86 valence electrons. The first kappa shape index (κ1) is 11.2. The van der Waals surface area contributed by atoms with Crippen LogP contribution < -0.4 is 0 Å². The highest BCUT2D eigenvalue weighted by Crippen LogP contribution is 2.21. The van der Waals surface area contributed by atoms with E-state index in [-0.39, 0.29) is 12.3 Å². The molecule has 0 aliphatic heterocycles. The summed E-state index contributed by atoms with van der Waals surface area (Å²) in [7, 11) is 0. The fourth-order valence-electron chi connectivity index (χ4n) is 1.11. The molecule has 16 heavy (non-hydrogen) atoms. The Hall–Kier alpha value is -1.34. The van der Waals surface area contributed by atoms with E-state index < -0.39 is 12.5 Å². The van der Waals surface area contributed by atoms with Crippen LogP contribution in [0, 0.1) is 0 Å². The third-order valence-corrected chi connectivity index (χ3v) is 2.75. The predicted octanol–water partition coefficient (Wildman–Crippen LogP) is 1.97. The van der Waals surface area contributed by atoms with E-state index >= 15 is 0 Å². The zero-order valence-electron chi connectivity index (χ0n) is 8.01. The number of aromatic nitrogens is 2. The lowest BCUT2D eigenvalue weighted by Crippen LogP contribution is -2.20. The van der Waals surface area contributed by atoms with Gasteiger partial charge in [-0.25, -0.2) is 8.78 Å². The molecule has 0 amide bonds. The third-order valence-electron chi connectivity index (χ3n) is 1.88. The second-order valence-corrected chi connectivity index (χ2v) is 4.04. The van der Waals surface area contributed by atoms with Gasteiger partial charge in [0.15, 0.2) is 0 Å². The summed E-state index contributed by atoms with van der Waals surface area (Å²) in [4.78, 5) is 4.71. The van der Waals surface area contributed by atoms with Gasteiger partial charge >= 0.3 is 0 Å². The number of hydrogen-bond donors (Lipinski definition) is 1. The van der Waals surface area contributed by atoms with Crippen LogP contribution in [-0.4, -0.2) is 27.8 Å². The lowest BCUT2D eigenvalue weighted by molar-refractivity contribution is -0.00754. The minimum absolute atomic E-state index is 0.0104. The van der Waals surface area contributed by atoms with Gasteiger partial charge in [-0.2, -0.15) is 4.98 Å². The number of hydrogen-bond acceptors (Lipinski definition) is 5. The van der Waals surface area contributed by atoms with Crippen molar-refractivity contribution in [1.82, 2.24) is 10.1 Å². The van der Waals surface area contributed by atoms with Gasteiger partial charge < -0.3 is 9.63 Å². The number of alkyl halides is 2. The summed E-state index contributed by atoms with van der Waals surface area (Å²) < 4.78 is 28.9. The van der Waals surface area contributed by atoms with Crippen molar-refractivity contribution in [3.05, 3.63) is 23.4 Å². The summed E-state index contributed by atoms with van der Waals surface area (Å²) in [6.45, 7) is 0. The van der Waals surface area contributed by atoms with Crippen LogP contribution in [0.25, 0.3) is 10.7 Å². The molecule has 0 aliphatic rings. The Morgan fingerprint density at radius 3 is 2.94 bits per heavy atom. The van der Waals surface area contributed by atoms with Gasteiger partial charge in [0.1, 0.15) is 6.10 Å². The molecule has 0 radical (unpaired) electrons. The van der Waals surface area contributed by atoms with Crippen LogP contribution >= 0.6 is 11.3 Å². The molecule has 7 heteroatoms. The van der Waals surface area contributed by atoms with Crippen molar-refractivity contribution in [3.8, 4) is 10.7 Å². The van der Waals surface area contributed by atoms with Gasteiger partial charge in [-0.15, -0.1) is 11.3 Å². The van der Waals surface area contributed by atoms with Crippen molar-refractivity contribution in [3.63, 3.8) is 0 Å². The van der Waals surface area contributed by atoms with Gasteiger partial charge in [-0.05, 0) is 11.4 Å². The maximum Gasteiger partial charge on any atom is 0.264 e. The van der Waals surface area contributed by atoms with Crippen molar-refractivity contribution in [2.24, 2.45) is 0 Å². The molecule has 1 atom stereocenters. The third kappa shape index (κ3) is 2.42. The summed E-state index contributed by atoms with van der Waals surface area (Å²) in [6.07, 6.45) is -4.91. The first-order valence-electron chi connectivity index (χ1n) is 4.49. The fraction of sp³-hybridized carbons (Fsp3) is 0.333. The lowest BCUT2D eigenvalue weighted by atomic mass is 10.2. The second-order valence-electron chi connectivity index (χ2n) is 3.09. The van der Waals surface area contributed by atoms with Crippen LogP contribution in [0.3, 0.4) is 0 Å². The Morgan fingerprint density at radius 2 is 2.31 bits per heavy atom. The Morgan fingerprint density at radius 1 is 1.50 bits per heavy atom. The maximum absolute atomic E-state index is 12.1. The van der Waals surface area contributed by atoms with Gasteiger partial charge in [0, 0.05) is 0 Å². The number of aliphatic hydroxyl groups is 1. The summed E-state index contributed by atoms with van der Waals surface area (Å²) >= 11 is 1.42. The van der Waals surface area contributed by atoms with E-state index in [1.54, 1.807) is 6.07 Å². The van der Waals surface area contributed by atoms with E-state index in [9.17, 15) is 8.78 Å². The molecule has 0 saturated carbocycles. The van der Waals surface area contributed by atoms with Crippen molar-refractivity contribution < 1.29 is 18.4 Å². The Bertz CT molecular complexity index is 444. The van der Waals surface area contributed by atoms with Gasteiger partial charge in [-0.3, -0.25) is 0 Å². The van der Waals surface area contributed by atoms with Gasteiger partial charge in [0.25, 0.3) is 6.43 Å². The first-order chi connectivity index (χ1) is 7.66. The fourth-order valence-corrected chi connectivity index (χ4v) is 1.76. The Kier molecular flexibility index (Phi) is 3.25. The van der Waals surface area contributed by atoms with Gasteiger partial charge in [-0.1, -0.05) is 11.2 Å². The van der Waals surface area contributed by atoms with E-state index in [1.807, 2.05) is 11.4 Å². The quantitative estimate of drug-likeness (QED) is 0.896. The van der Waals surface area contributed by atoms with E-state index in [4.69, 9.17) is 9.63 Å². The highest BCUT2D eigenvalue weighted by Gasteiger charge is 2.21. The number of nitrogens with zero attached hydrogens (tertiary/aromatic N) is 2. The highest BCUT2D eigenvalue weighted by molar-refractivity contribution is 7.13. The van der Waals surface area contributed by atoms with Crippen LogP contribution in [0.2, 0.25) is 0 Å². The molecule has 0 spiro atoms. The molecule has 1 unspecified atom stereocenters. The van der Waals surface area contributed by atoms with Crippen LogP contribution in [0.1, 0.15) is 5.89 Å². The van der Waals surface area contributed by atoms with Crippen LogP contribution in [-0.2, 0) is 6.42 Å². The SMILES string of the molecule is OC(Cc1nc(-c2cccs2)no1)C(F)F. The highest BCUT2D eigenvalue weighted by atomic mass is 32.1. The van der Waals surface area contributed by atoms with E-state index in [0.717, 1.165) is 4.88 Å². The van der Waals surface area contributed by atoms with Crippen LogP contribution in [0.5, 0.6) is 0 Å². The minimum atomic E-state index is -2.81. The summed E-state index contributed by atoms with van der Waals surface area (Å²) in [5, 5.41) is 14.4. The predicted molar refractivity (Wildman–Crippen MR) is 53.3 cm³/mol. The Balaban J connectivity index is 2.08. The molecule has 1 N–H and O–H groups in total. The zero-order valence-corrected chi connectivity index (χ0v) is 8.82. The van der Waals surface area contributed by atoms with E-state index in [2.05, 4.69) is 10.1 Å². The van der Waals surface area contributed by atoms with Crippen molar-refractivity contribution in [2.45, 2.75) is 19.0 Å². The number of halogens is 2. The van der Waals surface area contributed by atoms with Crippen molar-refractivity contribution in [1.29, 1.82) is 0 Å². The number of rotatable bonds is 4. The topological polar surface area (TPSA) is 59.2 Å². The van der Waals surface area contributed by atoms with Gasteiger partial charge in [0.2, 0.25) is 11.7 Å². The first-order valence-corrected chi connectivity index (χ1v) is 5.37. The molecule has 0 aliphatic carbocycles. The van der Waals surface area contributed by atoms with Crippen LogP contribution in [0.15, 0.2) is 22.0 Å². The number of thiophene rings is 1. The molecular weight excluding hydrogens is 238 g/mol. The van der Waals surface area contributed by atoms with Crippen molar-refractivity contribution >= 4 is 11.3 Å². The zero-order chi connectivity index (χ0) is 11.5. The molecule has 2 heterocycles. The molecule has 2 aromatic heterocycles. The molecule has 4 nitrogen and oxygen atoms in total. The summed E-state index contributed by atoms with van der Waals surface area (Å²) in [5.74, 6) is 0.364. The average Bonchev–Trinajstić information content (AvgIpc) is 2.85. The summed E-state index contributed by atoms with van der Waals surface area (Å²) in [6, 6.07) is 3.62. The molecule has 0 aromatic carbocycles. The van der Waals surface area contributed by atoms with Gasteiger partial charge in [0.05, 0.1) is 11.3 Å². The average molecular weight is 246 g/mol.